The Kier molecular flexibility index (Phi) is 2.48. The predicted molar refractivity (Wildman–Crippen MR) is 58.9 cm³/mol. The van der Waals surface area contributed by atoms with Gasteiger partial charge in [0.15, 0.2) is 0 Å². The highest BCUT2D eigenvalue weighted by Gasteiger charge is 2.40. The van der Waals surface area contributed by atoms with E-state index in [0.29, 0.717) is 12.8 Å². The second-order valence-electron chi connectivity index (χ2n) is 4.64. The van der Waals surface area contributed by atoms with Gasteiger partial charge in [0.1, 0.15) is 0 Å². The minimum Gasteiger partial charge on any atom is -0.472 e. The van der Waals surface area contributed by atoms with Crippen LogP contribution in [0.3, 0.4) is 0 Å². The summed E-state index contributed by atoms with van der Waals surface area (Å²) in [4.78, 5) is 26.7. The Balaban J connectivity index is 1.54. The first-order chi connectivity index (χ1) is 8.24. The van der Waals surface area contributed by atoms with E-state index in [9.17, 15) is 9.59 Å². The zero-order chi connectivity index (χ0) is 11.8. The molecule has 2 amide bonds. The third-order valence-electron chi connectivity index (χ3n) is 3.38. The van der Waals surface area contributed by atoms with E-state index in [2.05, 4.69) is 4.90 Å². The molecule has 0 atom stereocenters. The number of imide groups is 1. The lowest BCUT2D eigenvalue weighted by molar-refractivity contribution is -0.145. The number of nitrogens with zero attached hydrogens (tertiary/aromatic N) is 2. The quantitative estimate of drug-likeness (QED) is 0.719. The van der Waals surface area contributed by atoms with Crippen LogP contribution in [0.15, 0.2) is 23.0 Å². The molecule has 1 aromatic heterocycles. The summed E-state index contributed by atoms with van der Waals surface area (Å²) < 4.78 is 5.00. The second kappa shape index (κ2) is 4.00. The number of carbonyl (C=O) groups excluding carboxylic acids is 2. The smallest absolute Gasteiger partial charge is 0.230 e. The lowest BCUT2D eigenvalue weighted by atomic mass is 10.1. The van der Waals surface area contributed by atoms with Gasteiger partial charge in [0.2, 0.25) is 11.8 Å². The number of hydrogen-bond donors (Lipinski definition) is 0. The first-order valence-corrected chi connectivity index (χ1v) is 5.82. The Morgan fingerprint density at radius 2 is 1.94 bits per heavy atom. The highest BCUT2D eigenvalue weighted by Crippen LogP contribution is 2.23. The van der Waals surface area contributed by atoms with Crippen molar-refractivity contribution >= 4 is 11.8 Å². The van der Waals surface area contributed by atoms with Gasteiger partial charge in [0, 0.05) is 38.0 Å². The van der Waals surface area contributed by atoms with Crippen molar-refractivity contribution in [2.45, 2.75) is 25.4 Å². The number of carbonyl (C=O) groups is 2. The van der Waals surface area contributed by atoms with Crippen LogP contribution in [0.1, 0.15) is 18.4 Å². The van der Waals surface area contributed by atoms with E-state index in [1.165, 1.54) is 4.90 Å². The van der Waals surface area contributed by atoms with Crippen molar-refractivity contribution in [3.8, 4) is 0 Å². The monoisotopic (exact) mass is 234 g/mol. The van der Waals surface area contributed by atoms with Gasteiger partial charge in [-0.3, -0.25) is 19.4 Å². The summed E-state index contributed by atoms with van der Waals surface area (Å²) in [5.74, 6) is -0.0223. The number of amides is 2. The third kappa shape index (κ3) is 1.86. The molecule has 90 valence electrons. The van der Waals surface area contributed by atoms with Gasteiger partial charge < -0.3 is 4.42 Å². The van der Waals surface area contributed by atoms with E-state index >= 15 is 0 Å². The fourth-order valence-electron chi connectivity index (χ4n) is 2.48. The molecule has 0 aromatic carbocycles. The molecule has 5 heteroatoms. The molecule has 2 fully saturated rings. The van der Waals surface area contributed by atoms with Crippen LogP contribution in [0.4, 0.5) is 0 Å². The summed E-state index contributed by atoms with van der Waals surface area (Å²) in [7, 11) is 0. The number of furan rings is 1. The SMILES string of the molecule is O=C1CCC(=O)N1C1CN(Cc2ccoc2)C1. The Morgan fingerprint density at radius 1 is 1.24 bits per heavy atom. The zero-order valence-electron chi connectivity index (χ0n) is 9.46. The molecule has 2 aliphatic heterocycles. The molecule has 0 radical (unpaired) electrons. The van der Waals surface area contributed by atoms with Gasteiger partial charge in [-0.2, -0.15) is 0 Å². The second-order valence-corrected chi connectivity index (χ2v) is 4.64. The van der Waals surface area contributed by atoms with Gasteiger partial charge in [-0.25, -0.2) is 0 Å². The first-order valence-electron chi connectivity index (χ1n) is 5.82. The summed E-state index contributed by atoms with van der Waals surface area (Å²) >= 11 is 0. The van der Waals surface area contributed by atoms with Crippen LogP contribution >= 0.6 is 0 Å². The molecule has 3 heterocycles. The van der Waals surface area contributed by atoms with Gasteiger partial charge in [0.25, 0.3) is 0 Å². The van der Waals surface area contributed by atoms with Gasteiger partial charge in [-0.05, 0) is 6.07 Å². The van der Waals surface area contributed by atoms with Crippen molar-refractivity contribution in [2.75, 3.05) is 13.1 Å². The van der Waals surface area contributed by atoms with Crippen molar-refractivity contribution < 1.29 is 14.0 Å². The molecule has 0 unspecified atom stereocenters. The van der Waals surface area contributed by atoms with Crippen LogP contribution in [0.2, 0.25) is 0 Å². The van der Waals surface area contributed by atoms with Crippen molar-refractivity contribution in [3.05, 3.63) is 24.2 Å². The number of rotatable bonds is 3. The molecular weight excluding hydrogens is 220 g/mol. The van der Waals surface area contributed by atoms with Gasteiger partial charge >= 0.3 is 0 Å². The molecule has 0 spiro atoms. The van der Waals surface area contributed by atoms with Crippen LogP contribution in [-0.4, -0.2) is 40.7 Å². The standard InChI is InChI=1S/C12H14N2O3/c15-11-1-2-12(16)14(11)10-6-13(7-10)5-9-3-4-17-8-9/h3-4,8,10H,1-2,5-7H2. The fraction of sp³-hybridized carbons (Fsp3) is 0.500. The topological polar surface area (TPSA) is 53.8 Å². The van der Waals surface area contributed by atoms with Crippen molar-refractivity contribution in [1.29, 1.82) is 0 Å². The largest absolute Gasteiger partial charge is 0.472 e. The van der Waals surface area contributed by atoms with Crippen LogP contribution in [-0.2, 0) is 16.1 Å². The van der Waals surface area contributed by atoms with E-state index in [4.69, 9.17) is 4.42 Å². The van der Waals surface area contributed by atoms with E-state index in [-0.39, 0.29) is 17.9 Å². The molecule has 0 aliphatic carbocycles. The number of likely N-dealkylation sites (tertiary alicyclic amines) is 2. The predicted octanol–water partition coefficient (Wildman–Crippen LogP) is 0.613. The van der Waals surface area contributed by atoms with Crippen LogP contribution in [0, 0.1) is 0 Å². The van der Waals surface area contributed by atoms with E-state index in [1.54, 1.807) is 12.5 Å². The van der Waals surface area contributed by atoms with E-state index in [0.717, 1.165) is 25.2 Å². The molecule has 5 nitrogen and oxygen atoms in total. The maximum absolute atomic E-state index is 11.5. The molecule has 1 aromatic rings. The Morgan fingerprint density at radius 3 is 2.53 bits per heavy atom. The molecule has 0 N–H and O–H groups in total. The molecule has 2 saturated heterocycles. The molecule has 3 rings (SSSR count). The maximum Gasteiger partial charge on any atom is 0.230 e. The molecule has 0 bridgehead atoms. The minimum atomic E-state index is -0.0111. The molecule has 0 saturated carbocycles. The number of hydrogen-bond acceptors (Lipinski definition) is 4. The van der Waals surface area contributed by atoms with Crippen molar-refractivity contribution in [1.82, 2.24) is 9.80 Å². The normalized spacial score (nSPS) is 22.2. The average molecular weight is 234 g/mol. The minimum absolute atomic E-state index is 0.0111. The van der Waals surface area contributed by atoms with Crippen LogP contribution in [0.5, 0.6) is 0 Å². The summed E-state index contributed by atoms with van der Waals surface area (Å²) in [6.45, 7) is 2.38. The van der Waals surface area contributed by atoms with Crippen molar-refractivity contribution in [3.63, 3.8) is 0 Å². The fourth-order valence-corrected chi connectivity index (χ4v) is 2.48. The van der Waals surface area contributed by atoms with Gasteiger partial charge in [-0.15, -0.1) is 0 Å². The zero-order valence-corrected chi connectivity index (χ0v) is 9.46. The van der Waals surface area contributed by atoms with Gasteiger partial charge in [-0.1, -0.05) is 0 Å². The average Bonchev–Trinajstić information content (AvgIpc) is 2.84. The lowest BCUT2D eigenvalue weighted by Gasteiger charge is -2.42. The third-order valence-corrected chi connectivity index (χ3v) is 3.38. The molecular formula is C12H14N2O3. The lowest BCUT2D eigenvalue weighted by Crippen LogP contribution is -2.60. The van der Waals surface area contributed by atoms with E-state index < -0.39 is 0 Å². The maximum atomic E-state index is 11.5. The summed E-state index contributed by atoms with van der Waals surface area (Å²) in [5.41, 5.74) is 1.13. The molecule has 2 aliphatic rings. The highest BCUT2D eigenvalue weighted by molar-refractivity contribution is 6.02. The Labute approximate surface area is 99.0 Å². The van der Waals surface area contributed by atoms with Crippen LogP contribution in [0.25, 0.3) is 0 Å². The highest BCUT2D eigenvalue weighted by atomic mass is 16.3. The Hall–Kier alpha value is -1.62. The molecule has 17 heavy (non-hydrogen) atoms. The summed E-state index contributed by atoms with van der Waals surface area (Å²) in [6.07, 6.45) is 4.15. The van der Waals surface area contributed by atoms with Gasteiger partial charge in [0.05, 0.1) is 18.6 Å². The van der Waals surface area contributed by atoms with Crippen molar-refractivity contribution in [2.24, 2.45) is 0 Å². The van der Waals surface area contributed by atoms with E-state index in [1.807, 2.05) is 6.07 Å². The first kappa shape index (κ1) is 10.5. The summed E-state index contributed by atoms with van der Waals surface area (Å²) in [5, 5.41) is 0. The summed E-state index contributed by atoms with van der Waals surface area (Å²) in [6, 6.07) is 2.02. The van der Waals surface area contributed by atoms with Crippen LogP contribution < -0.4 is 0 Å². The Bertz CT molecular complexity index is 419.